The fourth-order valence-corrected chi connectivity index (χ4v) is 1.63. The molecule has 0 fully saturated rings. The van der Waals surface area contributed by atoms with Crippen molar-refractivity contribution in [2.75, 3.05) is 6.61 Å². The smallest absolute Gasteiger partial charge is 0.374 e. The number of hydrogen-bond acceptors (Lipinski definition) is 4. The second-order valence-electron chi connectivity index (χ2n) is 4.23. The van der Waals surface area contributed by atoms with Crippen molar-refractivity contribution in [2.45, 2.75) is 45.6 Å². The van der Waals surface area contributed by atoms with Gasteiger partial charge in [-0.15, -0.1) is 0 Å². The van der Waals surface area contributed by atoms with Crippen LogP contribution in [0.15, 0.2) is 16.5 Å². The summed E-state index contributed by atoms with van der Waals surface area (Å²) in [6.07, 6.45) is 2.39. The quantitative estimate of drug-likeness (QED) is 0.775. The molecule has 2 N–H and O–H groups in total. The molecule has 4 nitrogen and oxygen atoms in total. The maximum absolute atomic E-state index is 11.4. The van der Waals surface area contributed by atoms with Gasteiger partial charge in [0.15, 0.2) is 0 Å². The average molecular weight is 239 g/mol. The largest absolute Gasteiger partial charge is 0.460 e. The summed E-state index contributed by atoms with van der Waals surface area (Å²) in [4.78, 5) is 11.4. The summed E-state index contributed by atoms with van der Waals surface area (Å²) in [7, 11) is 0. The molecule has 17 heavy (non-hydrogen) atoms. The second-order valence-corrected chi connectivity index (χ2v) is 4.23. The zero-order valence-corrected chi connectivity index (χ0v) is 10.8. The third-order valence-electron chi connectivity index (χ3n) is 3.07. The van der Waals surface area contributed by atoms with Gasteiger partial charge in [-0.1, -0.05) is 13.8 Å². The zero-order valence-electron chi connectivity index (χ0n) is 10.8. The lowest BCUT2D eigenvalue weighted by atomic mass is 9.89. The van der Waals surface area contributed by atoms with Crippen LogP contribution >= 0.6 is 0 Å². The Morgan fingerprint density at radius 3 is 2.53 bits per heavy atom. The summed E-state index contributed by atoms with van der Waals surface area (Å²) in [5.41, 5.74) is 5.94. The van der Waals surface area contributed by atoms with E-state index in [1.54, 1.807) is 19.1 Å². The van der Waals surface area contributed by atoms with Crippen molar-refractivity contribution < 1.29 is 13.9 Å². The van der Waals surface area contributed by atoms with Crippen LogP contribution in [0, 0.1) is 0 Å². The minimum absolute atomic E-state index is 0.247. The van der Waals surface area contributed by atoms with Gasteiger partial charge in [0.05, 0.1) is 6.61 Å². The molecule has 1 heterocycles. The Kier molecular flexibility index (Phi) is 4.75. The van der Waals surface area contributed by atoms with Gasteiger partial charge in [-0.25, -0.2) is 4.79 Å². The molecular weight excluding hydrogens is 218 g/mol. The molecule has 0 bridgehead atoms. The normalized spacial score (nSPS) is 11.5. The van der Waals surface area contributed by atoms with Gasteiger partial charge in [0, 0.05) is 12.0 Å². The van der Waals surface area contributed by atoms with Crippen molar-refractivity contribution in [3.63, 3.8) is 0 Å². The highest BCUT2D eigenvalue weighted by Gasteiger charge is 2.23. The molecule has 1 aromatic rings. The van der Waals surface area contributed by atoms with Crippen molar-refractivity contribution in [3.8, 4) is 0 Å². The lowest BCUT2D eigenvalue weighted by molar-refractivity contribution is 0.0487. The molecular formula is C13H21NO3. The summed E-state index contributed by atoms with van der Waals surface area (Å²) >= 11 is 0. The minimum Gasteiger partial charge on any atom is -0.460 e. The van der Waals surface area contributed by atoms with Gasteiger partial charge < -0.3 is 14.9 Å². The van der Waals surface area contributed by atoms with E-state index in [0.29, 0.717) is 13.0 Å². The monoisotopic (exact) mass is 239 g/mol. The molecule has 0 saturated carbocycles. The van der Waals surface area contributed by atoms with Gasteiger partial charge in [0.25, 0.3) is 0 Å². The first-order chi connectivity index (χ1) is 8.04. The molecule has 0 aromatic carbocycles. The molecule has 0 radical (unpaired) electrons. The molecule has 0 unspecified atom stereocenters. The molecule has 0 amide bonds. The van der Waals surface area contributed by atoms with Gasteiger partial charge in [-0.05, 0) is 31.9 Å². The van der Waals surface area contributed by atoms with Crippen molar-refractivity contribution in [2.24, 2.45) is 5.73 Å². The predicted molar refractivity (Wildman–Crippen MR) is 65.9 cm³/mol. The van der Waals surface area contributed by atoms with E-state index in [1.165, 1.54) is 0 Å². The van der Waals surface area contributed by atoms with E-state index in [0.717, 1.165) is 18.6 Å². The zero-order chi connectivity index (χ0) is 12.9. The first-order valence-electron chi connectivity index (χ1n) is 6.09. The Morgan fingerprint density at radius 1 is 1.35 bits per heavy atom. The Labute approximate surface area is 102 Å². The van der Waals surface area contributed by atoms with Crippen LogP contribution in [0.3, 0.4) is 0 Å². The van der Waals surface area contributed by atoms with Gasteiger partial charge in [0.1, 0.15) is 5.76 Å². The minimum atomic E-state index is -0.422. The third-order valence-corrected chi connectivity index (χ3v) is 3.07. The van der Waals surface area contributed by atoms with Crippen LogP contribution in [-0.2, 0) is 11.2 Å². The number of rotatable bonds is 6. The molecule has 96 valence electrons. The van der Waals surface area contributed by atoms with Crippen LogP contribution in [0.4, 0.5) is 0 Å². The summed E-state index contributed by atoms with van der Waals surface area (Å²) in [6, 6.07) is 3.43. The van der Waals surface area contributed by atoms with Crippen LogP contribution in [-0.4, -0.2) is 18.1 Å². The number of ether oxygens (including phenoxy) is 1. The van der Waals surface area contributed by atoms with E-state index >= 15 is 0 Å². The van der Waals surface area contributed by atoms with E-state index in [4.69, 9.17) is 14.9 Å². The average Bonchev–Trinajstić information content (AvgIpc) is 2.77. The van der Waals surface area contributed by atoms with Crippen LogP contribution in [0.5, 0.6) is 0 Å². The van der Waals surface area contributed by atoms with Crippen LogP contribution in [0.1, 0.15) is 49.9 Å². The fraction of sp³-hybridized carbons (Fsp3) is 0.615. The van der Waals surface area contributed by atoms with Crippen molar-refractivity contribution in [1.29, 1.82) is 0 Å². The topological polar surface area (TPSA) is 65.5 Å². The maximum Gasteiger partial charge on any atom is 0.374 e. The number of furan rings is 1. The highest BCUT2D eigenvalue weighted by Crippen LogP contribution is 2.20. The van der Waals surface area contributed by atoms with E-state index in [1.807, 2.05) is 0 Å². The lowest BCUT2D eigenvalue weighted by Gasteiger charge is -2.25. The Bertz CT molecular complexity index is 366. The van der Waals surface area contributed by atoms with Crippen LogP contribution in [0.2, 0.25) is 0 Å². The molecule has 0 aliphatic carbocycles. The molecule has 4 heteroatoms. The van der Waals surface area contributed by atoms with Crippen LogP contribution < -0.4 is 5.73 Å². The molecule has 0 atom stereocenters. The van der Waals surface area contributed by atoms with Gasteiger partial charge >= 0.3 is 5.97 Å². The van der Waals surface area contributed by atoms with Gasteiger partial charge in [0.2, 0.25) is 5.76 Å². The van der Waals surface area contributed by atoms with Gasteiger partial charge in [-0.3, -0.25) is 0 Å². The lowest BCUT2D eigenvalue weighted by Crippen LogP contribution is -2.40. The van der Waals surface area contributed by atoms with Gasteiger partial charge in [-0.2, -0.15) is 0 Å². The van der Waals surface area contributed by atoms with E-state index in [9.17, 15) is 4.79 Å². The first kappa shape index (κ1) is 13.8. The van der Waals surface area contributed by atoms with Crippen molar-refractivity contribution in [3.05, 3.63) is 23.7 Å². The predicted octanol–water partition coefficient (Wildman–Crippen LogP) is 2.52. The second kappa shape index (κ2) is 5.87. The Hall–Kier alpha value is -1.29. The molecule has 0 saturated heterocycles. The highest BCUT2D eigenvalue weighted by molar-refractivity contribution is 5.86. The van der Waals surface area contributed by atoms with Crippen molar-refractivity contribution in [1.82, 2.24) is 0 Å². The summed E-state index contributed by atoms with van der Waals surface area (Å²) < 4.78 is 10.3. The molecule has 1 rings (SSSR count). The molecule has 1 aromatic heterocycles. The van der Waals surface area contributed by atoms with Crippen molar-refractivity contribution >= 4 is 5.97 Å². The number of esters is 1. The first-order valence-corrected chi connectivity index (χ1v) is 6.09. The van der Waals surface area contributed by atoms with Crippen LogP contribution in [0.25, 0.3) is 0 Å². The van der Waals surface area contributed by atoms with E-state index < -0.39 is 5.97 Å². The Balaban J connectivity index is 2.71. The number of carbonyl (C=O) groups is 1. The number of nitrogens with two attached hydrogens (primary N) is 1. The molecule has 0 aliphatic rings. The standard InChI is InChI=1S/C13H21NO3/c1-4-13(14,5-2)9-10-7-8-11(17-10)12(15)16-6-3/h7-8H,4-6,9,14H2,1-3H3. The Morgan fingerprint density at radius 2 is 2.00 bits per heavy atom. The maximum atomic E-state index is 11.4. The number of hydrogen-bond donors (Lipinski definition) is 1. The molecule has 0 spiro atoms. The SMILES string of the molecule is CCOC(=O)c1ccc(CC(N)(CC)CC)o1. The summed E-state index contributed by atoms with van der Waals surface area (Å²) in [5, 5.41) is 0. The van der Waals surface area contributed by atoms with E-state index in [-0.39, 0.29) is 11.3 Å². The van der Waals surface area contributed by atoms with E-state index in [2.05, 4.69) is 13.8 Å². The number of carbonyl (C=O) groups excluding carboxylic acids is 1. The summed E-state index contributed by atoms with van der Waals surface area (Å²) in [5.74, 6) is 0.560. The third kappa shape index (κ3) is 3.60. The summed E-state index contributed by atoms with van der Waals surface area (Å²) in [6.45, 7) is 6.22. The molecule has 0 aliphatic heterocycles. The highest BCUT2D eigenvalue weighted by atomic mass is 16.5. The fourth-order valence-electron chi connectivity index (χ4n) is 1.63.